The van der Waals surface area contributed by atoms with Crippen molar-refractivity contribution in [2.24, 2.45) is 0 Å². The monoisotopic (exact) mass is 596 g/mol. The van der Waals surface area contributed by atoms with Crippen LogP contribution in [0.3, 0.4) is 0 Å². The second-order valence-electron chi connectivity index (χ2n) is 8.68. The van der Waals surface area contributed by atoms with Crippen molar-refractivity contribution in [3.05, 3.63) is 93.5 Å². The van der Waals surface area contributed by atoms with Gasteiger partial charge in [0.25, 0.3) is 5.91 Å². The van der Waals surface area contributed by atoms with Gasteiger partial charge in [0, 0.05) is 12.1 Å². The van der Waals surface area contributed by atoms with Crippen LogP contribution in [0.15, 0.2) is 65.6 Å². The summed E-state index contributed by atoms with van der Waals surface area (Å²) >= 11 is 6.32. The van der Waals surface area contributed by atoms with E-state index in [-0.39, 0.29) is 33.5 Å². The van der Waals surface area contributed by atoms with Gasteiger partial charge in [-0.3, -0.25) is 9.69 Å². The Kier molecular flexibility index (Phi) is 8.36. The van der Waals surface area contributed by atoms with Crippen LogP contribution in [0.5, 0.6) is 0 Å². The molecule has 208 valence electrons. The van der Waals surface area contributed by atoms with Crippen molar-refractivity contribution in [3.63, 3.8) is 0 Å². The normalized spacial score (nSPS) is 15.2. The molecule has 2 heterocycles. The van der Waals surface area contributed by atoms with E-state index in [2.05, 4.69) is 4.98 Å². The number of amides is 1. The summed E-state index contributed by atoms with van der Waals surface area (Å²) in [4.78, 5) is 29.7. The number of pyridine rings is 1. The number of hydrogen-bond acceptors (Lipinski definition) is 5. The smallest absolute Gasteiger partial charge is 0.416 e. The fourth-order valence-corrected chi connectivity index (χ4v) is 5.17. The number of halogens is 6. The molecule has 0 radical (unpaired) electrons. The minimum absolute atomic E-state index is 0.0454. The number of carboxylic acids is 1. The minimum atomic E-state index is -5.00. The highest BCUT2D eigenvalue weighted by Crippen LogP contribution is 2.38. The Labute approximate surface area is 233 Å². The molecule has 3 aromatic rings. The Morgan fingerprint density at radius 1 is 0.975 bits per heavy atom. The Bertz CT molecular complexity index is 1470. The summed E-state index contributed by atoms with van der Waals surface area (Å²) < 4.78 is 79.9. The van der Waals surface area contributed by atoms with Gasteiger partial charge in [0.05, 0.1) is 33.0 Å². The SMILES string of the molecule is O=C(O)c1ccc(CCCN2C(=O)C(=Cc3cccc(-c4cc(C(F)(F)F)cc(C(F)(F)F)c4)n3)SC2=S)cc1. The summed E-state index contributed by atoms with van der Waals surface area (Å²) in [5, 5.41) is 8.99. The van der Waals surface area contributed by atoms with E-state index in [0.717, 1.165) is 17.3 Å². The zero-order valence-electron chi connectivity index (χ0n) is 20.2. The lowest BCUT2D eigenvalue weighted by molar-refractivity contribution is -0.143. The van der Waals surface area contributed by atoms with Gasteiger partial charge in [-0.1, -0.05) is 42.2 Å². The summed E-state index contributed by atoms with van der Waals surface area (Å²) in [6, 6.07) is 11.8. The zero-order chi connectivity index (χ0) is 29.2. The standard InChI is InChI=1S/C27H18F6N2O3S2/c28-26(29,30)18-11-17(12-19(13-18)27(31,32)33)21-5-1-4-20(34-21)14-22-23(36)35(25(39)40-22)10-2-3-15-6-8-16(9-7-15)24(37)38/h1,4-9,11-14H,2-3,10H2,(H,37,38). The number of thioether (sulfide) groups is 1. The third kappa shape index (κ3) is 6.89. The fraction of sp³-hybridized carbons (Fsp3) is 0.185. The number of aryl methyl sites for hydroxylation is 1. The van der Waals surface area contributed by atoms with Crippen LogP contribution in [0.4, 0.5) is 26.3 Å². The van der Waals surface area contributed by atoms with Crippen molar-refractivity contribution in [2.45, 2.75) is 25.2 Å². The average Bonchev–Trinajstić information content (AvgIpc) is 3.15. The lowest BCUT2D eigenvalue weighted by atomic mass is 10.0. The fourth-order valence-electron chi connectivity index (χ4n) is 3.88. The Morgan fingerprint density at radius 2 is 1.60 bits per heavy atom. The van der Waals surface area contributed by atoms with Crippen molar-refractivity contribution in [3.8, 4) is 11.3 Å². The summed E-state index contributed by atoms with van der Waals surface area (Å²) in [5.41, 5.74) is -2.21. The lowest BCUT2D eigenvalue weighted by Gasteiger charge is -2.14. The van der Waals surface area contributed by atoms with E-state index in [1.807, 2.05) is 0 Å². The van der Waals surface area contributed by atoms with Gasteiger partial charge in [-0.25, -0.2) is 9.78 Å². The highest BCUT2D eigenvalue weighted by Gasteiger charge is 2.37. The van der Waals surface area contributed by atoms with Crippen molar-refractivity contribution in [1.29, 1.82) is 0 Å². The molecule has 0 unspecified atom stereocenters. The summed E-state index contributed by atoms with van der Waals surface area (Å²) in [5.74, 6) is -1.43. The molecule has 4 rings (SSSR count). The maximum absolute atomic E-state index is 13.3. The van der Waals surface area contributed by atoms with Crippen LogP contribution in [-0.4, -0.2) is 37.7 Å². The second-order valence-corrected chi connectivity index (χ2v) is 10.4. The number of carbonyl (C=O) groups is 2. The Balaban J connectivity index is 1.51. The van der Waals surface area contributed by atoms with E-state index in [1.165, 1.54) is 41.3 Å². The minimum Gasteiger partial charge on any atom is -0.478 e. The van der Waals surface area contributed by atoms with Crippen LogP contribution in [0, 0.1) is 0 Å². The number of hydrogen-bond donors (Lipinski definition) is 1. The van der Waals surface area contributed by atoms with Gasteiger partial charge >= 0.3 is 18.3 Å². The molecule has 1 aliphatic rings. The van der Waals surface area contributed by atoms with Gasteiger partial charge in [0.15, 0.2) is 0 Å². The molecule has 0 aliphatic carbocycles. The molecule has 40 heavy (non-hydrogen) atoms. The molecule has 0 saturated carbocycles. The van der Waals surface area contributed by atoms with Gasteiger partial charge in [-0.05, 0) is 66.9 Å². The van der Waals surface area contributed by atoms with Gasteiger partial charge in [-0.15, -0.1) is 0 Å². The quantitative estimate of drug-likeness (QED) is 0.175. The lowest BCUT2D eigenvalue weighted by Crippen LogP contribution is -2.29. The molecular formula is C27H18F6N2O3S2. The molecule has 1 saturated heterocycles. The first-order chi connectivity index (χ1) is 18.7. The predicted molar refractivity (Wildman–Crippen MR) is 141 cm³/mol. The molecule has 0 atom stereocenters. The Hall–Kier alpha value is -3.71. The van der Waals surface area contributed by atoms with Crippen LogP contribution in [0.2, 0.25) is 0 Å². The average molecular weight is 597 g/mol. The molecule has 1 amide bonds. The molecule has 0 spiro atoms. The van der Waals surface area contributed by atoms with Gasteiger partial charge in [-0.2, -0.15) is 26.3 Å². The number of rotatable bonds is 7. The molecule has 2 aromatic carbocycles. The summed E-state index contributed by atoms with van der Waals surface area (Å²) in [6.07, 6.45) is -7.51. The zero-order valence-corrected chi connectivity index (χ0v) is 21.8. The number of aromatic nitrogens is 1. The van der Waals surface area contributed by atoms with E-state index in [9.17, 15) is 35.9 Å². The maximum Gasteiger partial charge on any atom is 0.416 e. The molecule has 0 bridgehead atoms. The van der Waals surface area contributed by atoms with Gasteiger partial charge < -0.3 is 5.11 Å². The number of alkyl halides is 6. The van der Waals surface area contributed by atoms with Crippen LogP contribution in [0.25, 0.3) is 17.3 Å². The van der Waals surface area contributed by atoms with E-state index < -0.39 is 35.4 Å². The largest absolute Gasteiger partial charge is 0.478 e. The van der Waals surface area contributed by atoms with Crippen LogP contribution in [-0.2, 0) is 23.6 Å². The third-order valence-electron chi connectivity index (χ3n) is 5.85. The molecule has 5 nitrogen and oxygen atoms in total. The first-order valence-corrected chi connectivity index (χ1v) is 12.8. The number of thiocarbonyl (C=S) groups is 1. The first-order valence-electron chi connectivity index (χ1n) is 11.6. The molecule has 1 aromatic heterocycles. The number of carboxylic acid groups (broad SMARTS) is 1. The van der Waals surface area contributed by atoms with Crippen molar-refractivity contribution < 1.29 is 41.0 Å². The van der Waals surface area contributed by atoms with E-state index in [0.29, 0.717) is 35.8 Å². The van der Waals surface area contributed by atoms with Crippen molar-refractivity contribution in [2.75, 3.05) is 6.54 Å². The molecule has 1 N–H and O–H groups in total. The molecule has 13 heteroatoms. The summed E-state index contributed by atoms with van der Waals surface area (Å²) in [6.45, 7) is 0.292. The van der Waals surface area contributed by atoms with Gasteiger partial charge in [0.2, 0.25) is 0 Å². The van der Waals surface area contributed by atoms with E-state index >= 15 is 0 Å². The molecular weight excluding hydrogens is 578 g/mol. The topological polar surface area (TPSA) is 70.5 Å². The van der Waals surface area contributed by atoms with Crippen molar-refractivity contribution >= 4 is 46.3 Å². The van der Waals surface area contributed by atoms with Crippen LogP contribution >= 0.6 is 24.0 Å². The number of nitrogens with zero attached hydrogens (tertiary/aromatic N) is 2. The second kappa shape index (κ2) is 11.4. The number of carbonyl (C=O) groups excluding carboxylic acids is 1. The molecule has 1 fully saturated rings. The van der Waals surface area contributed by atoms with Gasteiger partial charge in [0.1, 0.15) is 4.32 Å². The molecule has 1 aliphatic heterocycles. The maximum atomic E-state index is 13.3. The third-order valence-corrected chi connectivity index (χ3v) is 7.23. The first kappa shape index (κ1) is 29.3. The number of benzene rings is 2. The Morgan fingerprint density at radius 3 is 2.17 bits per heavy atom. The van der Waals surface area contributed by atoms with Crippen LogP contribution < -0.4 is 0 Å². The highest BCUT2D eigenvalue weighted by atomic mass is 32.2. The summed E-state index contributed by atoms with van der Waals surface area (Å²) in [7, 11) is 0. The van der Waals surface area contributed by atoms with E-state index in [4.69, 9.17) is 17.3 Å². The van der Waals surface area contributed by atoms with Crippen LogP contribution in [0.1, 0.15) is 39.2 Å². The predicted octanol–water partition coefficient (Wildman–Crippen LogP) is 7.32. The van der Waals surface area contributed by atoms with E-state index in [1.54, 1.807) is 12.1 Å². The highest BCUT2D eigenvalue weighted by molar-refractivity contribution is 8.26. The number of aromatic carboxylic acids is 1. The van der Waals surface area contributed by atoms with Crippen molar-refractivity contribution in [1.82, 2.24) is 9.88 Å².